The fourth-order valence-corrected chi connectivity index (χ4v) is 5.90. The monoisotopic (exact) mass is 562 g/mol. The van der Waals surface area contributed by atoms with Crippen LogP contribution in [0.25, 0.3) is 33.4 Å². The van der Waals surface area contributed by atoms with E-state index in [-0.39, 0.29) is 0 Å². The number of thioether (sulfide) groups is 1. The normalized spacial score (nSPS) is 13.6. The average Bonchev–Trinajstić information content (AvgIpc) is 3.25. The predicted octanol–water partition coefficient (Wildman–Crippen LogP) is 8.35. The first-order valence-corrected chi connectivity index (χ1v) is 13.1. The number of halogens is 2. The first kappa shape index (κ1) is 21.7. The smallest absolute Gasteiger partial charge is 0.226 e. The van der Waals surface area contributed by atoms with Crippen LogP contribution < -0.4 is 0 Å². The lowest BCUT2D eigenvalue weighted by Gasteiger charge is -2.17. The summed E-state index contributed by atoms with van der Waals surface area (Å²) >= 11 is 9.15. The van der Waals surface area contributed by atoms with Crippen LogP contribution in [0.3, 0.4) is 0 Å². The maximum atomic E-state index is 3.60. The van der Waals surface area contributed by atoms with E-state index in [9.17, 15) is 0 Å². The van der Waals surface area contributed by atoms with Gasteiger partial charge in [0.15, 0.2) is 6.54 Å². The molecule has 4 aromatic carbocycles. The first-order valence-electron chi connectivity index (χ1n) is 10.6. The fourth-order valence-electron chi connectivity index (χ4n) is 4.14. The Morgan fingerprint density at radius 2 is 1.19 bits per heavy atom. The van der Waals surface area contributed by atoms with E-state index in [1.807, 2.05) is 11.8 Å². The summed E-state index contributed by atoms with van der Waals surface area (Å²) in [6, 6.07) is 32.7. The Hall–Kier alpha value is -2.14. The molecule has 5 rings (SSSR count). The third-order valence-electron chi connectivity index (χ3n) is 5.78. The second kappa shape index (κ2) is 9.38. The SMILES string of the molecule is C[N+]1=C(c2c(-c3ccc(Br)cc3)cc(-c3ccccc3)cc2-c2ccc(Br)cc2)SCC1. The van der Waals surface area contributed by atoms with Crippen LogP contribution in [0, 0.1) is 0 Å². The summed E-state index contributed by atoms with van der Waals surface area (Å²) in [7, 11) is 2.21. The van der Waals surface area contributed by atoms with Crippen molar-refractivity contribution in [1.29, 1.82) is 0 Å². The lowest BCUT2D eigenvalue weighted by Crippen LogP contribution is -2.12. The van der Waals surface area contributed by atoms with Gasteiger partial charge in [-0.3, -0.25) is 0 Å². The van der Waals surface area contributed by atoms with E-state index in [1.165, 1.54) is 44.0 Å². The molecule has 1 aliphatic heterocycles. The molecule has 0 spiro atoms. The molecule has 0 fully saturated rings. The Morgan fingerprint density at radius 1 is 0.656 bits per heavy atom. The number of benzene rings is 4. The van der Waals surface area contributed by atoms with Gasteiger partial charge in [0.2, 0.25) is 5.04 Å². The quantitative estimate of drug-likeness (QED) is 0.225. The molecule has 158 valence electrons. The molecule has 0 aromatic heterocycles. The van der Waals surface area contributed by atoms with Crippen LogP contribution in [-0.2, 0) is 0 Å². The summed E-state index contributed by atoms with van der Waals surface area (Å²) in [5, 5.41) is 1.35. The molecule has 0 saturated heterocycles. The zero-order valence-corrected chi connectivity index (χ0v) is 21.7. The molecule has 1 nitrogen and oxygen atoms in total. The topological polar surface area (TPSA) is 3.01 Å². The summed E-state index contributed by atoms with van der Waals surface area (Å²) in [6.45, 7) is 1.07. The van der Waals surface area contributed by atoms with Gasteiger partial charge in [0.1, 0.15) is 7.05 Å². The van der Waals surface area contributed by atoms with Crippen LogP contribution in [0.1, 0.15) is 5.56 Å². The van der Waals surface area contributed by atoms with Gasteiger partial charge >= 0.3 is 0 Å². The second-order valence-corrected chi connectivity index (χ2v) is 10.8. The Balaban J connectivity index is 1.85. The molecule has 0 bridgehead atoms. The molecule has 1 aliphatic rings. The van der Waals surface area contributed by atoms with Crippen molar-refractivity contribution in [3.05, 3.63) is 106 Å². The molecule has 0 atom stereocenters. The predicted molar refractivity (Wildman–Crippen MR) is 146 cm³/mol. The number of nitrogens with zero attached hydrogens (tertiary/aromatic N) is 1. The van der Waals surface area contributed by atoms with Crippen LogP contribution in [0.4, 0.5) is 0 Å². The molecule has 4 heteroatoms. The van der Waals surface area contributed by atoms with Gasteiger partial charge in [-0.2, -0.15) is 0 Å². The van der Waals surface area contributed by atoms with Crippen LogP contribution in [0.15, 0.2) is 99.9 Å². The van der Waals surface area contributed by atoms with Crippen molar-refractivity contribution in [3.63, 3.8) is 0 Å². The highest BCUT2D eigenvalue weighted by Gasteiger charge is 2.28. The summed E-state index contributed by atoms with van der Waals surface area (Å²) in [4.78, 5) is 0. The zero-order valence-electron chi connectivity index (χ0n) is 17.7. The van der Waals surface area contributed by atoms with Gasteiger partial charge in [-0.25, -0.2) is 4.58 Å². The molecule has 32 heavy (non-hydrogen) atoms. The Kier molecular flexibility index (Phi) is 6.36. The van der Waals surface area contributed by atoms with Gasteiger partial charge in [-0.15, -0.1) is 0 Å². The lowest BCUT2D eigenvalue weighted by atomic mass is 9.88. The number of hydrogen-bond acceptors (Lipinski definition) is 1. The fraction of sp³-hybridized carbons (Fsp3) is 0.107. The standard InChI is InChI=1S/C28H22Br2NS/c1-31-15-16-32-28(31)27-25(20-7-11-23(29)12-8-20)17-22(19-5-3-2-4-6-19)18-26(27)21-9-13-24(30)14-10-21/h2-14,17-18H,15-16H2,1H3/q+1. The van der Waals surface area contributed by atoms with Crippen LogP contribution in [0.2, 0.25) is 0 Å². The Bertz CT molecular complexity index is 1230. The van der Waals surface area contributed by atoms with Crippen molar-refractivity contribution in [2.45, 2.75) is 0 Å². The summed E-state index contributed by atoms with van der Waals surface area (Å²) in [6.07, 6.45) is 0. The largest absolute Gasteiger partial charge is 0.243 e. The molecule has 0 radical (unpaired) electrons. The highest BCUT2D eigenvalue weighted by atomic mass is 79.9. The highest BCUT2D eigenvalue weighted by Crippen LogP contribution is 2.40. The van der Waals surface area contributed by atoms with E-state index < -0.39 is 0 Å². The molecule has 0 N–H and O–H groups in total. The third kappa shape index (κ3) is 4.36. The van der Waals surface area contributed by atoms with Crippen molar-refractivity contribution in [3.8, 4) is 33.4 Å². The number of hydrogen-bond donors (Lipinski definition) is 0. The van der Waals surface area contributed by atoms with Crippen molar-refractivity contribution >= 4 is 48.7 Å². The van der Waals surface area contributed by atoms with Crippen LogP contribution >= 0.6 is 43.6 Å². The maximum absolute atomic E-state index is 3.60. The molecule has 0 aliphatic carbocycles. The summed E-state index contributed by atoms with van der Waals surface area (Å²) in [5.41, 5.74) is 8.78. The van der Waals surface area contributed by atoms with E-state index in [4.69, 9.17) is 0 Å². The van der Waals surface area contributed by atoms with Gasteiger partial charge in [0.05, 0.1) is 11.3 Å². The van der Waals surface area contributed by atoms with Crippen molar-refractivity contribution in [2.75, 3.05) is 19.3 Å². The minimum atomic E-state index is 1.07. The second-order valence-electron chi connectivity index (χ2n) is 7.90. The van der Waals surface area contributed by atoms with E-state index in [2.05, 4.69) is 134 Å². The van der Waals surface area contributed by atoms with Crippen LogP contribution in [-0.4, -0.2) is 29.0 Å². The molecule has 0 unspecified atom stereocenters. The average molecular weight is 564 g/mol. The Morgan fingerprint density at radius 3 is 1.66 bits per heavy atom. The molecular formula is C28H22Br2NS+. The maximum Gasteiger partial charge on any atom is 0.243 e. The molecular weight excluding hydrogens is 542 g/mol. The summed E-state index contributed by atoms with van der Waals surface area (Å²) < 4.78 is 4.58. The van der Waals surface area contributed by atoms with Crippen molar-refractivity contribution in [1.82, 2.24) is 0 Å². The molecule has 4 aromatic rings. The Labute approximate surface area is 210 Å². The highest BCUT2D eigenvalue weighted by molar-refractivity contribution is 9.10. The van der Waals surface area contributed by atoms with Gasteiger partial charge in [-0.05, 0) is 69.8 Å². The van der Waals surface area contributed by atoms with E-state index >= 15 is 0 Å². The number of rotatable bonds is 4. The van der Waals surface area contributed by atoms with Gasteiger partial charge < -0.3 is 0 Å². The van der Waals surface area contributed by atoms with Crippen molar-refractivity contribution < 1.29 is 4.58 Å². The van der Waals surface area contributed by atoms with Gasteiger partial charge in [0, 0.05) is 8.95 Å². The molecule has 0 saturated carbocycles. The first-order chi connectivity index (χ1) is 15.6. The zero-order chi connectivity index (χ0) is 22.1. The molecule has 1 heterocycles. The van der Waals surface area contributed by atoms with E-state index in [0.717, 1.165) is 21.2 Å². The minimum absolute atomic E-state index is 1.07. The minimum Gasteiger partial charge on any atom is -0.226 e. The van der Waals surface area contributed by atoms with Crippen molar-refractivity contribution in [2.24, 2.45) is 0 Å². The summed E-state index contributed by atoms with van der Waals surface area (Å²) in [5.74, 6) is 1.12. The van der Waals surface area contributed by atoms with Gasteiger partial charge in [0.25, 0.3) is 0 Å². The lowest BCUT2D eigenvalue weighted by molar-refractivity contribution is -0.485. The van der Waals surface area contributed by atoms with Crippen LogP contribution in [0.5, 0.6) is 0 Å². The van der Waals surface area contributed by atoms with Gasteiger partial charge in [-0.1, -0.05) is 98.2 Å². The van der Waals surface area contributed by atoms with E-state index in [0.29, 0.717) is 0 Å². The van der Waals surface area contributed by atoms with E-state index in [1.54, 1.807) is 0 Å². The molecule has 0 amide bonds. The third-order valence-corrected chi connectivity index (χ3v) is 8.02.